The van der Waals surface area contributed by atoms with E-state index in [4.69, 9.17) is 11.6 Å². The van der Waals surface area contributed by atoms with Gasteiger partial charge in [0.05, 0.1) is 0 Å². The number of hydrogen-bond donors (Lipinski definition) is 2. The van der Waals surface area contributed by atoms with E-state index < -0.39 is 11.9 Å². The quantitative estimate of drug-likeness (QED) is 0.867. The minimum Gasteiger partial charge on any atom is -0.335 e. The molecule has 8 nitrogen and oxygen atoms in total. The summed E-state index contributed by atoms with van der Waals surface area (Å²) < 4.78 is 0. The van der Waals surface area contributed by atoms with E-state index in [-0.39, 0.29) is 12.6 Å². The van der Waals surface area contributed by atoms with Gasteiger partial charge in [0.2, 0.25) is 5.82 Å². The Morgan fingerprint density at radius 1 is 1.16 bits per heavy atom. The molecule has 0 spiro atoms. The van der Waals surface area contributed by atoms with Crippen LogP contribution >= 0.6 is 11.6 Å². The van der Waals surface area contributed by atoms with Crippen molar-refractivity contribution in [3.63, 3.8) is 0 Å². The van der Waals surface area contributed by atoms with Crippen LogP contribution in [0.25, 0.3) is 11.4 Å². The second-order valence-electron chi connectivity index (χ2n) is 6.01. The summed E-state index contributed by atoms with van der Waals surface area (Å²) in [5.74, 6) is -0.107. The lowest BCUT2D eigenvalue weighted by Gasteiger charge is -2.22. The second-order valence-corrected chi connectivity index (χ2v) is 6.44. The molecule has 1 saturated carbocycles. The van der Waals surface area contributed by atoms with Crippen molar-refractivity contribution >= 4 is 23.5 Å². The molecule has 1 fully saturated rings. The highest BCUT2D eigenvalue weighted by Gasteiger charge is 2.17. The molecule has 1 heterocycles. The summed E-state index contributed by atoms with van der Waals surface area (Å²) in [6.07, 6.45) is 5.32. The van der Waals surface area contributed by atoms with Crippen LogP contribution in [0.1, 0.15) is 32.1 Å². The lowest BCUT2D eigenvalue weighted by atomic mass is 9.96. The second kappa shape index (κ2) is 8.06. The fraction of sp³-hybridized carbons (Fsp3) is 0.438. The number of amides is 3. The Bertz CT molecular complexity index is 739. The maximum atomic E-state index is 11.9. The highest BCUT2D eigenvalue weighted by atomic mass is 35.5. The monoisotopic (exact) mass is 362 g/mol. The molecule has 132 valence electrons. The highest BCUT2D eigenvalue weighted by molar-refractivity contribution is 6.30. The molecule has 9 heteroatoms. The maximum Gasteiger partial charge on any atom is 0.321 e. The van der Waals surface area contributed by atoms with Crippen molar-refractivity contribution in [2.75, 3.05) is 0 Å². The fourth-order valence-electron chi connectivity index (χ4n) is 2.79. The zero-order valence-corrected chi connectivity index (χ0v) is 14.4. The Balaban J connectivity index is 1.51. The van der Waals surface area contributed by atoms with Crippen LogP contribution in [0, 0.1) is 0 Å². The third kappa shape index (κ3) is 4.99. The summed E-state index contributed by atoms with van der Waals surface area (Å²) in [5.41, 5.74) is 0.742. The number of hydrogen-bond acceptors (Lipinski definition) is 5. The molecular weight excluding hydrogens is 344 g/mol. The molecule has 1 aliphatic carbocycles. The number of imide groups is 1. The molecule has 0 radical (unpaired) electrons. The van der Waals surface area contributed by atoms with Crippen LogP contribution in [0.2, 0.25) is 5.02 Å². The first-order valence-corrected chi connectivity index (χ1v) is 8.62. The summed E-state index contributed by atoms with van der Waals surface area (Å²) in [7, 11) is 0. The predicted molar refractivity (Wildman–Crippen MR) is 91.8 cm³/mol. The molecule has 2 aromatic rings. The largest absolute Gasteiger partial charge is 0.335 e. The summed E-state index contributed by atoms with van der Waals surface area (Å²) in [4.78, 5) is 24.9. The molecule has 0 saturated heterocycles. The lowest BCUT2D eigenvalue weighted by Crippen LogP contribution is -2.46. The number of tetrazole rings is 1. The van der Waals surface area contributed by atoms with Gasteiger partial charge in [-0.1, -0.05) is 30.9 Å². The Labute approximate surface area is 149 Å². The Kier molecular flexibility index (Phi) is 5.60. The van der Waals surface area contributed by atoms with Crippen molar-refractivity contribution in [2.45, 2.75) is 44.7 Å². The molecule has 3 rings (SSSR count). The van der Waals surface area contributed by atoms with Gasteiger partial charge in [-0.15, -0.1) is 10.2 Å². The van der Waals surface area contributed by atoms with E-state index in [9.17, 15) is 9.59 Å². The zero-order valence-electron chi connectivity index (χ0n) is 13.6. The SMILES string of the molecule is O=C(Cn1nnc(-c2ccc(Cl)cc2)n1)NC(=O)NC1CCCCC1. The minimum absolute atomic E-state index is 0.141. The van der Waals surface area contributed by atoms with Gasteiger partial charge < -0.3 is 5.32 Å². The van der Waals surface area contributed by atoms with Crippen LogP contribution < -0.4 is 10.6 Å². The Hall–Kier alpha value is -2.48. The summed E-state index contributed by atoms with van der Waals surface area (Å²) in [6.45, 7) is -0.182. The van der Waals surface area contributed by atoms with E-state index in [1.165, 1.54) is 6.42 Å². The number of urea groups is 1. The molecule has 0 bridgehead atoms. The van der Waals surface area contributed by atoms with Crippen LogP contribution in [0.15, 0.2) is 24.3 Å². The number of aromatic nitrogens is 4. The van der Waals surface area contributed by atoms with Gasteiger partial charge in [0, 0.05) is 16.6 Å². The topological polar surface area (TPSA) is 102 Å². The van der Waals surface area contributed by atoms with Gasteiger partial charge in [0.15, 0.2) is 0 Å². The average molecular weight is 363 g/mol. The van der Waals surface area contributed by atoms with Crippen molar-refractivity contribution in [3.8, 4) is 11.4 Å². The van der Waals surface area contributed by atoms with Crippen molar-refractivity contribution in [1.29, 1.82) is 0 Å². The van der Waals surface area contributed by atoms with Crippen LogP contribution in [-0.4, -0.2) is 38.2 Å². The molecule has 0 unspecified atom stereocenters. The smallest absolute Gasteiger partial charge is 0.321 e. The van der Waals surface area contributed by atoms with E-state index in [0.29, 0.717) is 10.8 Å². The first-order chi connectivity index (χ1) is 12.1. The summed E-state index contributed by atoms with van der Waals surface area (Å²) in [5, 5.41) is 17.6. The van der Waals surface area contributed by atoms with Crippen molar-refractivity contribution in [3.05, 3.63) is 29.3 Å². The minimum atomic E-state index is -0.492. The lowest BCUT2D eigenvalue weighted by molar-refractivity contribution is -0.121. The molecule has 1 aromatic carbocycles. The standard InChI is InChI=1S/C16H19ClN6O2/c17-12-8-6-11(7-9-12)15-20-22-23(21-15)10-14(24)19-16(25)18-13-4-2-1-3-5-13/h6-9,13H,1-5,10H2,(H2,18,19,24,25). The van der Waals surface area contributed by atoms with Gasteiger partial charge in [0.1, 0.15) is 6.54 Å². The summed E-state index contributed by atoms with van der Waals surface area (Å²) >= 11 is 5.84. The van der Waals surface area contributed by atoms with Gasteiger partial charge in [0.25, 0.3) is 5.91 Å². The Morgan fingerprint density at radius 2 is 1.88 bits per heavy atom. The first kappa shape index (κ1) is 17.3. The number of nitrogens with one attached hydrogen (secondary N) is 2. The van der Waals surface area contributed by atoms with Gasteiger partial charge in [-0.25, -0.2) is 4.79 Å². The average Bonchev–Trinajstić information content (AvgIpc) is 3.04. The van der Waals surface area contributed by atoms with Crippen LogP contribution in [0.4, 0.5) is 4.79 Å². The van der Waals surface area contributed by atoms with Crippen molar-refractivity contribution in [1.82, 2.24) is 30.8 Å². The first-order valence-electron chi connectivity index (χ1n) is 8.24. The van der Waals surface area contributed by atoms with Crippen LogP contribution in [0.5, 0.6) is 0 Å². The van der Waals surface area contributed by atoms with Gasteiger partial charge >= 0.3 is 6.03 Å². The zero-order chi connectivity index (χ0) is 17.6. The van der Waals surface area contributed by atoms with E-state index in [2.05, 4.69) is 26.0 Å². The number of benzene rings is 1. The Morgan fingerprint density at radius 3 is 2.60 bits per heavy atom. The number of rotatable bonds is 4. The molecule has 2 N–H and O–H groups in total. The number of halogens is 1. The van der Waals surface area contributed by atoms with E-state index >= 15 is 0 Å². The summed E-state index contributed by atoms with van der Waals surface area (Å²) in [6, 6.07) is 6.64. The molecule has 3 amide bonds. The third-order valence-electron chi connectivity index (χ3n) is 4.03. The third-order valence-corrected chi connectivity index (χ3v) is 4.29. The molecule has 1 aromatic heterocycles. The maximum absolute atomic E-state index is 11.9. The predicted octanol–water partition coefficient (Wildman–Crippen LogP) is 2.15. The van der Waals surface area contributed by atoms with E-state index in [0.717, 1.165) is 36.0 Å². The molecule has 0 atom stereocenters. The van der Waals surface area contributed by atoms with Gasteiger partial charge in [-0.3, -0.25) is 10.1 Å². The van der Waals surface area contributed by atoms with Gasteiger partial charge in [-0.05, 0) is 42.3 Å². The fourth-order valence-corrected chi connectivity index (χ4v) is 2.91. The van der Waals surface area contributed by atoms with E-state index in [1.54, 1.807) is 24.3 Å². The molecular formula is C16H19ClN6O2. The number of nitrogens with zero attached hydrogens (tertiary/aromatic N) is 4. The number of carbonyl (C=O) groups excluding carboxylic acids is 2. The van der Waals surface area contributed by atoms with Gasteiger partial charge in [-0.2, -0.15) is 4.80 Å². The molecule has 1 aliphatic rings. The van der Waals surface area contributed by atoms with E-state index in [1.807, 2.05) is 0 Å². The molecule has 0 aliphatic heterocycles. The number of carbonyl (C=O) groups is 2. The normalized spacial score (nSPS) is 14.9. The molecule has 25 heavy (non-hydrogen) atoms. The van der Waals surface area contributed by atoms with Crippen molar-refractivity contribution in [2.24, 2.45) is 0 Å². The highest BCUT2D eigenvalue weighted by Crippen LogP contribution is 2.17. The van der Waals surface area contributed by atoms with Crippen LogP contribution in [-0.2, 0) is 11.3 Å². The van der Waals surface area contributed by atoms with Crippen LogP contribution in [0.3, 0.4) is 0 Å². The van der Waals surface area contributed by atoms with Crippen molar-refractivity contribution < 1.29 is 9.59 Å².